The van der Waals surface area contributed by atoms with Crippen molar-refractivity contribution in [3.63, 3.8) is 0 Å². The monoisotopic (exact) mass is 396 g/mol. The summed E-state index contributed by atoms with van der Waals surface area (Å²) in [6.07, 6.45) is 7.65. The fraction of sp³-hybridized carbons (Fsp3) is 0.478. The average molecular weight is 397 g/mol. The van der Waals surface area contributed by atoms with E-state index >= 15 is 0 Å². The quantitative estimate of drug-likeness (QED) is 0.508. The first kappa shape index (κ1) is 19.4. The third-order valence-corrected chi connectivity index (χ3v) is 6.21. The van der Waals surface area contributed by atoms with E-state index < -0.39 is 0 Å². The summed E-state index contributed by atoms with van der Waals surface area (Å²) in [7, 11) is 0. The predicted octanol–water partition coefficient (Wildman–Crippen LogP) is 4.90. The summed E-state index contributed by atoms with van der Waals surface area (Å²) in [4.78, 5) is 13.9. The average Bonchev–Trinajstić information content (AvgIpc) is 2.70. The number of aryl methyl sites for hydroxylation is 1. The molecule has 0 bridgehead atoms. The van der Waals surface area contributed by atoms with Gasteiger partial charge in [0.2, 0.25) is 0 Å². The van der Waals surface area contributed by atoms with Crippen LogP contribution < -0.4 is 4.90 Å². The topological polar surface area (TPSA) is 31.7 Å². The highest BCUT2D eigenvalue weighted by atomic mass is 35.5. The zero-order chi connectivity index (χ0) is 19.3. The predicted molar refractivity (Wildman–Crippen MR) is 119 cm³/mol. The second kappa shape index (κ2) is 9.06. The van der Waals surface area contributed by atoms with Gasteiger partial charge in [0.05, 0.1) is 0 Å². The van der Waals surface area contributed by atoms with Crippen LogP contribution in [-0.4, -0.2) is 48.8 Å². The molecule has 4 nitrogen and oxygen atoms in total. The van der Waals surface area contributed by atoms with Gasteiger partial charge in [-0.1, -0.05) is 31.0 Å². The molecular weight excluding hydrogens is 368 g/mol. The van der Waals surface area contributed by atoms with Crippen LogP contribution >= 0.6 is 11.6 Å². The largest absolute Gasteiger partial charge is 0.369 e. The Morgan fingerprint density at radius 1 is 1.00 bits per heavy atom. The lowest BCUT2D eigenvalue weighted by molar-refractivity contribution is 0.252. The standard InChI is InChI=1S/C23H29ClN4/c1-2-20-21(24)8-6-9-22(20)28-15-13-27(14-16-28)12-5-3-4-7-19-11-10-18-17-25-23(18)26-19/h6,8-11,17H,2-5,7,12-16H2,1H3. The summed E-state index contributed by atoms with van der Waals surface area (Å²) in [5.74, 6) is 0.918. The fourth-order valence-corrected chi connectivity index (χ4v) is 4.43. The van der Waals surface area contributed by atoms with Crippen molar-refractivity contribution in [2.45, 2.75) is 39.0 Å². The van der Waals surface area contributed by atoms with Crippen molar-refractivity contribution in [1.29, 1.82) is 0 Å². The van der Waals surface area contributed by atoms with E-state index in [1.807, 2.05) is 12.3 Å². The van der Waals surface area contributed by atoms with Gasteiger partial charge in [-0.05, 0) is 62.1 Å². The number of aliphatic imine (C=N–C) groups is 1. The minimum atomic E-state index is 0.900. The van der Waals surface area contributed by atoms with Gasteiger partial charge in [0, 0.05) is 54.4 Å². The Kier molecular flexibility index (Phi) is 6.28. The Bertz CT molecular complexity index is 840. The van der Waals surface area contributed by atoms with Gasteiger partial charge in [-0.25, -0.2) is 9.98 Å². The molecule has 5 heteroatoms. The lowest BCUT2D eigenvalue weighted by atomic mass is 10.1. The Hall–Kier alpha value is -1.91. The number of anilines is 1. The molecule has 28 heavy (non-hydrogen) atoms. The highest BCUT2D eigenvalue weighted by Crippen LogP contribution is 2.29. The van der Waals surface area contributed by atoms with Gasteiger partial charge in [0.15, 0.2) is 5.82 Å². The van der Waals surface area contributed by atoms with Gasteiger partial charge in [-0.15, -0.1) is 0 Å². The van der Waals surface area contributed by atoms with Crippen LogP contribution in [0.5, 0.6) is 0 Å². The zero-order valence-corrected chi connectivity index (χ0v) is 17.5. The third kappa shape index (κ3) is 4.39. The van der Waals surface area contributed by atoms with E-state index in [0.29, 0.717) is 0 Å². The van der Waals surface area contributed by atoms with E-state index in [2.05, 4.69) is 51.0 Å². The number of fused-ring (bicyclic) bond motifs is 1. The second-order valence-electron chi connectivity index (χ2n) is 7.70. The highest BCUT2D eigenvalue weighted by Gasteiger charge is 2.19. The SMILES string of the molecule is CCc1c(Cl)cccc1N1CCN(CCCCCc2ccc3c(n2)N=C3)CC1. The van der Waals surface area contributed by atoms with Gasteiger partial charge in [0.25, 0.3) is 0 Å². The number of hydrogen-bond acceptors (Lipinski definition) is 4. The maximum absolute atomic E-state index is 6.39. The van der Waals surface area contributed by atoms with E-state index in [1.54, 1.807) is 0 Å². The summed E-state index contributed by atoms with van der Waals surface area (Å²) in [6, 6.07) is 10.6. The molecule has 0 aliphatic carbocycles. The van der Waals surface area contributed by atoms with Gasteiger partial charge in [-0.3, -0.25) is 4.90 Å². The van der Waals surface area contributed by atoms with Crippen LogP contribution in [-0.2, 0) is 12.8 Å². The Balaban J connectivity index is 1.16. The lowest BCUT2D eigenvalue weighted by Gasteiger charge is -2.37. The molecule has 4 rings (SSSR count). The van der Waals surface area contributed by atoms with E-state index in [4.69, 9.17) is 11.6 Å². The molecule has 0 unspecified atom stereocenters. The van der Waals surface area contributed by atoms with Crippen molar-refractivity contribution in [3.8, 4) is 0 Å². The van der Waals surface area contributed by atoms with Crippen LogP contribution in [0.1, 0.15) is 43.0 Å². The molecular formula is C23H29ClN4. The van der Waals surface area contributed by atoms with Crippen LogP contribution in [0, 0.1) is 0 Å². The molecule has 2 aliphatic rings. The van der Waals surface area contributed by atoms with E-state index in [1.165, 1.54) is 48.3 Å². The number of pyridine rings is 1. The molecule has 148 valence electrons. The lowest BCUT2D eigenvalue weighted by Crippen LogP contribution is -2.46. The maximum Gasteiger partial charge on any atom is 0.160 e. The molecule has 2 aromatic rings. The molecule has 3 heterocycles. The summed E-state index contributed by atoms with van der Waals surface area (Å²) < 4.78 is 0. The highest BCUT2D eigenvalue weighted by molar-refractivity contribution is 6.31. The van der Waals surface area contributed by atoms with Crippen LogP contribution in [0.3, 0.4) is 0 Å². The van der Waals surface area contributed by atoms with Crippen LogP contribution in [0.4, 0.5) is 11.5 Å². The third-order valence-electron chi connectivity index (χ3n) is 5.86. The number of aromatic nitrogens is 1. The summed E-state index contributed by atoms with van der Waals surface area (Å²) in [5.41, 5.74) is 4.96. The molecule has 0 spiro atoms. The van der Waals surface area contributed by atoms with Crippen molar-refractivity contribution in [1.82, 2.24) is 9.88 Å². The van der Waals surface area contributed by atoms with Crippen LogP contribution in [0.2, 0.25) is 5.02 Å². The number of halogens is 1. The molecule has 1 saturated heterocycles. The van der Waals surface area contributed by atoms with Gasteiger partial charge < -0.3 is 4.90 Å². The van der Waals surface area contributed by atoms with Crippen LogP contribution in [0.15, 0.2) is 35.3 Å². The van der Waals surface area contributed by atoms with Crippen molar-refractivity contribution in [2.24, 2.45) is 4.99 Å². The first-order chi connectivity index (χ1) is 13.7. The maximum atomic E-state index is 6.39. The Morgan fingerprint density at radius 3 is 2.57 bits per heavy atom. The normalized spacial score (nSPS) is 16.1. The van der Waals surface area contributed by atoms with Crippen molar-refractivity contribution >= 4 is 29.3 Å². The second-order valence-corrected chi connectivity index (χ2v) is 8.11. The molecule has 0 radical (unpaired) electrons. The molecule has 0 amide bonds. The zero-order valence-electron chi connectivity index (χ0n) is 16.7. The van der Waals surface area contributed by atoms with E-state index in [0.717, 1.165) is 49.9 Å². The first-order valence-corrected chi connectivity index (χ1v) is 10.9. The fourth-order valence-electron chi connectivity index (χ4n) is 4.13. The minimum absolute atomic E-state index is 0.900. The smallest absolute Gasteiger partial charge is 0.160 e. The van der Waals surface area contributed by atoms with E-state index in [9.17, 15) is 0 Å². The van der Waals surface area contributed by atoms with E-state index in [-0.39, 0.29) is 0 Å². The molecule has 0 saturated carbocycles. The van der Waals surface area contributed by atoms with Gasteiger partial charge in [-0.2, -0.15) is 0 Å². The molecule has 1 aromatic carbocycles. The van der Waals surface area contributed by atoms with Crippen molar-refractivity contribution in [2.75, 3.05) is 37.6 Å². The molecule has 1 aromatic heterocycles. The molecule has 0 atom stereocenters. The Labute approximate surface area is 173 Å². The summed E-state index contributed by atoms with van der Waals surface area (Å²) in [5, 5.41) is 0.900. The number of piperazine rings is 1. The molecule has 0 N–H and O–H groups in total. The van der Waals surface area contributed by atoms with Crippen molar-refractivity contribution < 1.29 is 0 Å². The van der Waals surface area contributed by atoms with Crippen LogP contribution in [0.25, 0.3) is 0 Å². The molecule has 2 aliphatic heterocycles. The molecule has 1 fully saturated rings. The number of benzene rings is 1. The summed E-state index contributed by atoms with van der Waals surface area (Å²) >= 11 is 6.39. The number of nitrogens with zero attached hydrogens (tertiary/aromatic N) is 4. The van der Waals surface area contributed by atoms with Crippen molar-refractivity contribution in [3.05, 3.63) is 52.2 Å². The first-order valence-electron chi connectivity index (χ1n) is 10.5. The summed E-state index contributed by atoms with van der Waals surface area (Å²) in [6.45, 7) is 7.84. The van der Waals surface area contributed by atoms with Gasteiger partial charge in [0.1, 0.15) is 0 Å². The number of unbranched alkanes of at least 4 members (excludes halogenated alkanes) is 2. The Morgan fingerprint density at radius 2 is 1.86 bits per heavy atom. The van der Waals surface area contributed by atoms with Gasteiger partial charge >= 0.3 is 0 Å². The minimum Gasteiger partial charge on any atom is -0.369 e. The number of rotatable bonds is 8. The number of hydrogen-bond donors (Lipinski definition) is 0.